The molecule has 2 nitrogen and oxygen atoms in total. The maximum atomic E-state index is 15.2. The molecule has 2 aromatic heterocycles. The van der Waals surface area contributed by atoms with Gasteiger partial charge in [0.2, 0.25) is 0 Å². The molecule has 29 heavy (non-hydrogen) atoms. The number of benzene rings is 3. The summed E-state index contributed by atoms with van der Waals surface area (Å²) in [5, 5.41) is 3.56. The summed E-state index contributed by atoms with van der Waals surface area (Å²) < 4.78 is 21.4. The monoisotopic (exact) mass is 383 g/mol. The van der Waals surface area contributed by atoms with Crippen molar-refractivity contribution in [2.24, 2.45) is 5.92 Å². The number of rotatable bonds is 3. The topological polar surface area (TPSA) is 26.0 Å². The number of nitrogens with zero attached hydrogens (tertiary/aromatic N) is 1. The van der Waals surface area contributed by atoms with Crippen molar-refractivity contribution < 1.29 is 8.81 Å². The number of aromatic nitrogens is 1. The van der Waals surface area contributed by atoms with Crippen molar-refractivity contribution in [2.45, 2.75) is 27.2 Å². The zero-order valence-electron chi connectivity index (χ0n) is 16.8. The molecular formula is C26H22FNO. The van der Waals surface area contributed by atoms with Crippen molar-refractivity contribution >= 4 is 32.7 Å². The molecule has 0 unspecified atom stereocenters. The fourth-order valence-electron chi connectivity index (χ4n) is 4.22. The van der Waals surface area contributed by atoms with Crippen LogP contribution in [0.5, 0.6) is 0 Å². The summed E-state index contributed by atoms with van der Waals surface area (Å²) in [4.78, 5) is 4.64. The molecule has 5 rings (SSSR count). The molecule has 0 aliphatic rings. The van der Waals surface area contributed by atoms with Crippen molar-refractivity contribution in [1.82, 2.24) is 4.98 Å². The van der Waals surface area contributed by atoms with Gasteiger partial charge >= 0.3 is 0 Å². The second-order valence-electron chi connectivity index (χ2n) is 8.18. The SMILES string of the molecule is Cc1cc(-c2nccc3c(F)c(CC(C)C)ccc23)c2oc3ccccc3c2c1. The summed E-state index contributed by atoms with van der Waals surface area (Å²) in [6, 6.07) is 17.9. The van der Waals surface area contributed by atoms with Gasteiger partial charge in [0, 0.05) is 33.3 Å². The van der Waals surface area contributed by atoms with E-state index < -0.39 is 0 Å². The third-order valence-corrected chi connectivity index (χ3v) is 5.47. The van der Waals surface area contributed by atoms with Gasteiger partial charge in [0.1, 0.15) is 17.0 Å². The Morgan fingerprint density at radius 3 is 2.59 bits per heavy atom. The number of fused-ring (bicyclic) bond motifs is 4. The minimum absolute atomic E-state index is 0.145. The molecule has 3 heteroatoms. The van der Waals surface area contributed by atoms with Gasteiger partial charge in [-0.25, -0.2) is 4.39 Å². The zero-order valence-corrected chi connectivity index (χ0v) is 16.8. The Morgan fingerprint density at radius 2 is 1.76 bits per heavy atom. The molecular weight excluding hydrogens is 361 g/mol. The van der Waals surface area contributed by atoms with E-state index >= 15 is 4.39 Å². The van der Waals surface area contributed by atoms with Crippen LogP contribution in [0.25, 0.3) is 44.0 Å². The van der Waals surface area contributed by atoms with Crippen LogP contribution in [0.15, 0.2) is 65.2 Å². The number of furan rings is 1. The minimum atomic E-state index is -0.145. The number of hydrogen-bond acceptors (Lipinski definition) is 2. The second kappa shape index (κ2) is 6.70. The van der Waals surface area contributed by atoms with E-state index in [0.717, 1.165) is 56.1 Å². The average molecular weight is 383 g/mol. The number of para-hydroxylation sites is 1. The third kappa shape index (κ3) is 2.89. The van der Waals surface area contributed by atoms with Crippen LogP contribution in [0.2, 0.25) is 0 Å². The van der Waals surface area contributed by atoms with Crippen LogP contribution in [0.4, 0.5) is 4.39 Å². The molecule has 144 valence electrons. The lowest BCUT2D eigenvalue weighted by Crippen LogP contribution is -1.99. The maximum Gasteiger partial charge on any atom is 0.144 e. The first kappa shape index (κ1) is 17.9. The molecule has 0 N–H and O–H groups in total. The molecule has 0 amide bonds. The summed E-state index contributed by atoms with van der Waals surface area (Å²) in [5.74, 6) is 0.253. The highest BCUT2D eigenvalue weighted by atomic mass is 19.1. The van der Waals surface area contributed by atoms with E-state index in [1.165, 1.54) is 0 Å². The quantitative estimate of drug-likeness (QED) is 0.323. The molecule has 0 saturated heterocycles. The summed E-state index contributed by atoms with van der Waals surface area (Å²) >= 11 is 0. The van der Waals surface area contributed by atoms with Gasteiger partial charge in [0.15, 0.2) is 0 Å². The van der Waals surface area contributed by atoms with Crippen molar-refractivity contribution in [3.63, 3.8) is 0 Å². The van der Waals surface area contributed by atoms with Gasteiger partial charge < -0.3 is 4.42 Å². The standard InChI is InChI=1S/C26H22FNO/c1-15(2)12-17-8-9-20-19(24(17)27)10-11-28-25(20)22-14-16(3)13-21-18-6-4-5-7-23(18)29-26(21)22/h4-11,13-15H,12H2,1-3H3. The highest BCUT2D eigenvalue weighted by Gasteiger charge is 2.18. The van der Waals surface area contributed by atoms with E-state index in [1.54, 1.807) is 12.3 Å². The molecule has 0 fully saturated rings. The Morgan fingerprint density at radius 1 is 0.931 bits per heavy atom. The molecule has 3 aromatic carbocycles. The number of halogens is 1. The molecule has 0 saturated carbocycles. The molecule has 0 aliphatic carbocycles. The molecule has 5 aromatic rings. The maximum absolute atomic E-state index is 15.2. The van der Waals surface area contributed by atoms with Gasteiger partial charge in [-0.15, -0.1) is 0 Å². The Balaban J connectivity index is 1.82. The van der Waals surface area contributed by atoms with E-state index in [2.05, 4.69) is 44.0 Å². The zero-order chi connectivity index (χ0) is 20.1. The Bertz CT molecular complexity index is 1380. The highest BCUT2D eigenvalue weighted by Crippen LogP contribution is 2.39. The second-order valence-corrected chi connectivity index (χ2v) is 8.18. The first-order valence-corrected chi connectivity index (χ1v) is 10.0. The average Bonchev–Trinajstić information content (AvgIpc) is 3.07. The van der Waals surface area contributed by atoms with Crippen LogP contribution in [-0.4, -0.2) is 4.98 Å². The third-order valence-electron chi connectivity index (χ3n) is 5.47. The largest absolute Gasteiger partial charge is 0.455 e. The van der Waals surface area contributed by atoms with Gasteiger partial charge in [-0.1, -0.05) is 44.2 Å². The Hall–Kier alpha value is -3.20. The Labute approximate surface area is 169 Å². The molecule has 0 aliphatic heterocycles. The van der Waals surface area contributed by atoms with Crippen LogP contribution >= 0.6 is 0 Å². The number of aryl methyl sites for hydroxylation is 1. The van der Waals surface area contributed by atoms with E-state index in [1.807, 2.05) is 30.3 Å². The smallest absolute Gasteiger partial charge is 0.144 e. The first-order valence-electron chi connectivity index (χ1n) is 10.0. The van der Waals surface area contributed by atoms with Crippen LogP contribution in [0.3, 0.4) is 0 Å². The van der Waals surface area contributed by atoms with Crippen LogP contribution in [-0.2, 0) is 6.42 Å². The minimum Gasteiger partial charge on any atom is -0.455 e. The lowest BCUT2D eigenvalue weighted by atomic mass is 9.95. The fraction of sp³-hybridized carbons (Fsp3) is 0.192. The molecule has 0 spiro atoms. The van der Waals surface area contributed by atoms with E-state index in [4.69, 9.17) is 4.42 Å². The van der Waals surface area contributed by atoms with Gasteiger partial charge in [-0.05, 0) is 54.7 Å². The lowest BCUT2D eigenvalue weighted by Gasteiger charge is -2.12. The van der Waals surface area contributed by atoms with Crippen molar-refractivity contribution in [1.29, 1.82) is 0 Å². The van der Waals surface area contributed by atoms with Crippen LogP contribution in [0, 0.1) is 18.7 Å². The number of hydrogen-bond donors (Lipinski definition) is 0. The van der Waals surface area contributed by atoms with Gasteiger partial charge in [-0.2, -0.15) is 0 Å². The van der Waals surface area contributed by atoms with Crippen molar-refractivity contribution in [3.8, 4) is 11.3 Å². The summed E-state index contributed by atoms with van der Waals surface area (Å²) in [5.41, 5.74) is 5.17. The summed E-state index contributed by atoms with van der Waals surface area (Å²) in [6.07, 6.45) is 2.41. The van der Waals surface area contributed by atoms with Crippen LogP contribution in [0.1, 0.15) is 25.0 Å². The predicted molar refractivity (Wildman–Crippen MR) is 118 cm³/mol. The van der Waals surface area contributed by atoms with E-state index in [9.17, 15) is 0 Å². The Kier molecular flexibility index (Phi) is 4.13. The molecule has 0 atom stereocenters. The fourth-order valence-corrected chi connectivity index (χ4v) is 4.22. The highest BCUT2D eigenvalue weighted by molar-refractivity contribution is 6.11. The molecule has 0 bridgehead atoms. The normalized spacial score (nSPS) is 11.9. The van der Waals surface area contributed by atoms with Gasteiger partial charge in [0.05, 0.1) is 5.69 Å². The van der Waals surface area contributed by atoms with Gasteiger partial charge in [0.25, 0.3) is 0 Å². The molecule has 2 heterocycles. The lowest BCUT2D eigenvalue weighted by molar-refractivity contribution is 0.582. The molecule has 0 radical (unpaired) electrons. The predicted octanol–water partition coefficient (Wildman–Crippen LogP) is 7.45. The summed E-state index contributed by atoms with van der Waals surface area (Å²) in [7, 11) is 0. The van der Waals surface area contributed by atoms with E-state index in [0.29, 0.717) is 11.3 Å². The first-order chi connectivity index (χ1) is 14.0. The van der Waals surface area contributed by atoms with Crippen LogP contribution < -0.4 is 0 Å². The van der Waals surface area contributed by atoms with Gasteiger partial charge in [-0.3, -0.25) is 4.98 Å². The number of pyridine rings is 1. The summed E-state index contributed by atoms with van der Waals surface area (Å²) in [6.45, 7) is 6.27. The van der Waals surface area contributed by atoms with E-state index in [-0.39, 0.29) is 5.82 Å². The van der Waals surface area contributed by atoms with Crippen molar-refractivity contribution in [3.05, 3.63) is 77.7 Å². The van der Waals surface area contributed by atoms with Crippen molar-refractivity contribution in [2.75, 3.05) is 0 Å².